The topological polar surface area (TPSA) is 49.5 Å². The van der Waals surface area contributed by atoms with Crippen molar-refractivity contribution in [3.05, 3.63) is 0 Å². The van der Waals surface area contributed by atoms with Crippen molar-refractivity contribution < 1.29 is 5.11 Å². The zero-order valence-corrected chi connectivity index (χ0v) is 6.03. The molecule has 0 aromatic heterocycles. The number of hydrogen-bond acceptors (Lipinski definition) is 3. The maximum Gasteiger partial charge on any atom is 0.0853 e. The summed E-state index contributed by atoms with van der Waals surface area (Å²) in [5.74, 6) is 0.486. The lowest BCUT2D eigenvalue weighted by Gasteiger charge is -2.47. The van der Waals surface area contributed by atoms with Crippen LogP contribution in [0.1, 0.15) is 12.8 Å². The maximum atomic E-state index is 9.50. The van der Waals surface area contributed by atoms with E-state index < -0.39 is 0 Å². The van der Waals surface area contributed by atoms with Gasteiger partial charge in [0, 0.05) is 13.1 Å². The molecule has 3 nitrogen and oxygen atoms in total. The number of aliphatic hydroxyl groups is 1. The number of fused-ring (bicyclic) bond motifs is 3. The number of piperidine rings is 3. The van der Waals surface area contributed by atoms with Crippen molar-refractivity contribution in [1.29, 1.82) is 0 Å². The number of hydrogen-bond donors (Lipinski definition) is 2. The lowest BCUT2D eigenvalue weighted by Crippen LogP contribution is -2.61. The average molecular weight is 142 g/mol. The van der Waals surface area contributed by atoms with E-state index in [0.717, 1.165) is 25.9 Å². The monoisotopic (exact) mass is 142 g/mol. The smallest absolute Gasteiger partial charge is 0.0853 e. The van der Waals surface area contributed by atoms with Crippen LogP contribution in [0, 0.1) is 5.92 Å². The van der Waals surface area contributed by atoms with Gasteiger partial charge in [0.05, 0.1) is 12.3 Å². The molecule has 3 heterocycles. The normalized spacial score (nSPS) is 53.4. The van der Waals surface area contributed by atoms with Crippen LogP contribution in [0.15, 0.2) is 0 Å². The Labute approximate surface area is 60.8 Å². The number of rotatable bonds is 0. The second-order valence-corrected chi connectivity index (χ2v) is 3.35. The van der Waals surface area contributed by atoms with Gasteiger partial charge in [0.25, 0.3) is 0 Å². The summed E-state index contributed by atoms with van der Waals surface area (Å²) in [4.78, 5) is 2.17. The van der Waals surface area contributed by atoms with Crippen molar-refractivity contribution in [2.75, 3.05) is 13.1 Å². The number of nitrogens with two attached hydrogens (primary N) is 1. The second-order valence-electron chi connectivity index (χ2n) is 3.35. The highest BCUT2D eigenvalue weighted by molar-refractivity contribution is 4.91. The van der Waals surface area contributed by atoms with E-state index in [2.05, 4.69) is 4.90 Å². The molecule has 3 saturated heterocycles. The largest absolute Gasteiger partial charge is 0.390 e. The zero-order chi connectivity index (χ0) is 7.14. The molecule has 3 heteroatoms. The molecule has 0 saturated carbocycles. The third kappa shape index (κ3) is 0.779. The molecule has 2 bridgehead atoms. The first-order valence-electron chi connectivity index (χ1n) is 3.97. The Hall–Kier alpha value is -0.120. The lowest BCUT2D eigenvalue weighted by molar-refractivity contribution is -0.0694. The molecule has 58 valence electrons. The van der Waals surface area contributed by atoms with Crippen LogP contribution in [0.25, 0.3) is 0 Å². The average Bonchev–Trinajstić information content (AvgIpc) is 2.00. The van der Waals surface area contributed by atoms with Gasteiger partial charge in [-0.1, -0.05) is 0 Å². The van der Waals surface area contributed by atoms with Crippen LogP contribution in [-0.4, -0.2) is 35.4 Å². The van der Waals surface area contributed by atoms with Gasteiger partial charge in [-0.3, -0.25) is 4.90 Å². The summed E-state index contributed by atoms with van der Waals surface area (Å²) in [6.07, 6.45) is 1.93. The molecule has 3 rings (SSSR count). The molecule has 3 aliphatic rings. The molecular formula is C7H14N2O. The van der Waals surface area contributed by atoms with Crippen molar-refractivity contribution in [3.63, 3.8) is 0 Å². The van der Waals surface area contributed by atoms with E-state index in [1.807, 2.05) is 0 Å². The van der Waals surface area contributed by atoms with Gasteiger partial charge in [-0.15, -0.1) is 0 Å². The minimum atomic E-state index is -0.262. The Kier molecular flexibility index (Phi) is 1.44. The summed E-state index contributed by atoms with van der Waals surface area (Å²) in [5.41, 5.74) is 5.74. The molecule has 0 radical (unpaired) electrons. The van der Waals surface area contributed by atoms with E-state index in [-0.39, 0.29) is 12.3 Å². The first kappa shape index (κ1) is 6.58. The van der Waals surface area contributed by atoms with Crippen molar-refractivity contribution in [3.8, 4) is 0 Å². The highest BCUT2D eigenvalue weighted by Crippen LogP contribution is 2.29. The maximum absolute atomic E-state index is 9.50. The standard InChI is InChI=1S/C7H14N2O/c8-7-6(10)5-1-3-9(7)4-2-5/h5-7,10H,1-4,8H2. The lowest BCUT2D eigenvalue weighted by atomic mass is 9.84. The van der Waals surface area contributed by atoms with Gasteiger partial charge in [0.1, 0.15) is 0 Å². The molecule has 2 atom stereocenters. The van der Waals surface area contributed by atoms with E-state index in [9.17, 15) is 5.11 Å². The van der Waals surface area contributed by atoms with Gasteiger partial charge in [-0.05, 0) is 18.8 Å². The molecule has 3 N–H and O–H groups in total. The summed E-state index contributed by atoms with van der Waals surface area (Å²) in [7, 11) is 0. The van der Waals surface area contributed by atoms with Crippen molar-refractivity contribution in [2.24, 2.45) is 11.7 Å². The molecule has 0 spiro atoms. The molecular weight excluding hydrogens is 128 g/mol. The summed E-state index contributed by atoms with van der Waals surface area (Å²) < 4.78 is 0. The minimum Gasteiger partial charge on any atom is -0.390 e. The zero-order valence-electron chi connectivity index (χ0n) is 6.03. The minimum absolute atomic E-state index is 0.0764. The Bertz CT molecular complexity index is 112. The van der Waals surface area contributed by atoms with Crippen LogP contribution in [-0.2, 0) is 0 Å². The second kappa shape index (κ2) is 2.19. The van der Waals surface area contributed by atoms with E-state index in [0.29, 0.717) is 5.92 Å². The van der Waals surface area contributed by atoms with Crippen molar-refractivity contribution in [1.82, 2.24) is 4.90 Å². The van der Waals surface area contributed by atoms with E-state index in [4.69, 9.17) is 5.73 Å². The van der Waals surface area contributed by atoms with Gasteiger partial charge in [-0.25, -0.2) is 0 Å². The Morgan fingerprint density at radius 1 is 1.30 bits per heavy atom. The van der Waals surface area contributed by atoms with Crippen LogP contribution in [0.4, 0.5) is 0 Å². The van der Waals surface area contributed by atoms with Crippen LogP contribution in [0.3, 0.4) is 0 Å². The quantitative estimate of drug-likeness (QED) is 0.473. The first-order valence-corrected chi connectivity index (χ1v) is 3.97. The Balaban J connectivity index is 2.13. The fourth-order valence-electron chi connectivity index (χ4n) is 2.05. The number of aliphatic hydroxyl groups excluding tert-OH is 1. The van der Waals surface area contributed by atoms with Crippen LogP contribution < -0.4 is 5.73 Å². The Morgan fingerprint density at radius 2 is 1.90 bits per heavy atom. The molecule has 0 aromatic carbocycles. The molecule has 0 amide bonds. The van der Waals surface area contributed by atoms with Crippen LogP contribution in [0.2, 0.25) is 0 Å². The van der Waals surface area contributed by atoms with Gasteiger partial charge in [-0.2, -0.15) is 0 Å². The van der Waals surface area contributed by atoms with Gasteiger partial charge >= 0.3 is 0 Å². The molecule has 0 aliphatic carbocycles. The van der Waals surface area contributed by atoms with Crippen LogP contribution in [0.5, 0.6) is 0 Å². The number of nitrogens with zero attached hydrogens (tertiary/aromatic N) is 1. The predicted octanol–water partition coefficient (Wildman–Crippen LogP) is -0.642. The van der Waals surface area contributed by atoms with Crippen molar-refractivity contribution >= 4 is 0 Å². The summed E-state index contributed by atoms with van der Waals surface area (Å²) in [5, 5.41) is 9.50. The highest BCUT2D eigenvalue weighted by Gasteiger charge is 2.38. The van der Waals surface area contributed by atoms with E-state index in [1.54, 1.807) is 0 Å². The first-order chi connectivity index (χ1) is 4.79. The van der Waals surface area contributed by atoms with Crippen LogP contribution >= 0.6 is 0 Å². The summed E-state index contributed by atoms with van der Waals surface area (Å²) >= 11 is 0. The highest BCUT2D eigenvalue weighted by atomic mass is 16.3. The van der Waals surface area contributed by atoms with Gasteiger partial charge < -0.3 is 10.8 Å². The predicted molar refractivity (Wildman–Crippen MR) is 38.3 cm³/mol. The molecule has 10 heavy (non-hydrogen) atoms. The van der Waals surface area contributed by atoms with E-state index >= 15 is 0 Å². The molecule has 2 unspecified atom stereocenters. The third-order valence-corrected chi connectivity index (χ3v) is 2.83. The van der Waals surface area contributed by atoms with Gasteiger partial charge in [0.2, 0.25) is 0 Å². The molecule has 0 aromatic rings. The summed E-state index contributed by atoms with van der Waals surface area (Å²) in [6, 6.07) is 0. The SMILES string of the molecule is NC1C(O)C2CCN1CC2. The molecule has 3 fully saturated rings. The van der Waals surface area contributed by atoms with E-state index in [1.165, 1.54) is 0 Å². The fourth-order valence-corrected chi connectivity index (χ4v) is 2.05. The van der Waals surface area contributed by atoms with Gasteiger partial charge in [0.15, 0.2) is 0 Å². The third-order valence-electron chi connectivity index (χ3n) is 2.83. The fraction of sp³-hybridized carbons (Fsp3) is 1.00. The van der Waals surface area contributed by atoms with Crippen molar-refractivity contribution in [2.45, 2.75) is 25.1 Å². The molecule has 3 aliphatic heterocycles. The Morgan fingerprint density at radius 3 is 2.20 bits per heavy atom. The summed E-state index contributed by atoms with van der Waals surface area (Å²) in [6.45, 7) is 2.17.